The lowest BCUT2D eigenvalue weighted by Crippen LogP contribution is -2.11. The number of thiophene rings is 1. The minimum absolute atomic E-state index is 0.860. The van der Waals surface area contributed by atoms with E-state index in [1.807, 2.05) is 35.6 Å². The molecule has 272 valence electrons. The number of fused-ring (bicyclic) bond motifs is 10. The van der Waals surface area contributed by atoms with E-state index in [0.29, 0.717) is 0 Å². The van der Waals surface area contributed by atoms with E-state index in [1.54, 1.807) is 0 Å². The maximum atomic E-state index is 6.51. The second-order valence-electron chi connectivity index (χ2n) is 14.8. The Morgan fingerprint density at radius 2 is 0.897 bits per heavy atom. The highest BCUT2D eigenvalue weighted by molar-refractivity contribution is 7.25. The highest BCUT2D eigenvalue weighted by Crippen LogP contribution is 2.45. The van der Waals surface area contributed by atoms with Gasteiger partial charge in [0.05, 0.1) is 5.69 Å². The van der Waals surface area contributed by atoms with Crippen LogP contribution in [0, 0.1) is 0 Å². The molecule has 0 unspecified atom stereocenters. The Balaban J connectivity index is 0.959. The van der Waals surface area contributed by atoms with Crippen molar-refractivity contribution in [2.75, 3.05) is 4.90 Å². The van der Waals surface area contributed by atoms with Gasteiger partial charge in [-0.1, -0.05) is 127 Å². The van der Waals surface area contributed by atoms with E-state index in [1.165, 1.54) is 42.4 Å². The average molecular weight is 760 g/mol. The maximum Gasteiger partial charge on any atom is 0.136 e. The van der Waals surface area contributed by atoms with Gasteiger partial charge < -0.3 is 13.7 Å². The Morgan fingerprint density at radius 3 is 1.69 bits per heavy atom. The van der Waals surface area contributed by atoms with Gasteiger partial charge in [-0.05, 0) is 101 Å². The van der Waals surface area contributed by atoms with Crippen LogP contribution in [-0.2, 0) is 0 Å². The fourth-order valence-corrected chi connectivity index (χ4v) is 9.96. The van der Waals surface area contributed by atoms with Crippen LogP contribution in [0.2, 0.25) is 0 Å². The minimum atomic E-state index is 0.860. The zero-order valence-electron chi connectivity index (χ0n) is 31.2. The molecule has 3 nitrogen and oxygen atoms in total. The molecule has 4 heteroatoms. The van der Waals surface area contributed by atoms with Gasteiger partial charge in [-0.3, -0.25) is 0 Å². The smallest absolute Gasteiger partial charge is 0.136 e. The van der Waals surface area contributed by atoms with Crippen LogP contribution in [-0.4, -0.2) is 0 Å². The predicted octanol–water partition coefficient (Wildman–Crippen LogP) is 16.3. The van der Waals surface area contributed by atoms with Crippen molar-refractivity contribution in [3.63, 3.8) is 0 Å². The second kappa shape index (κ2) is 13.1. The van der Waals surface area contributed by atoms with Crippen LogP contribution in [0.4, 0.5) is 17.1 Å². The van der Waals surface area contributed by atoms with E-state index in [4.69, 9.17) is 8.83 Å². The van der Waals surface area contributed by atoms with Gasteiger partial charge in [0.1, 0.15) is 22.3 Å². The molecule has 9 aromatic carbocycles. The number of anilines is 3. The van der Waals surface area contributed by atoms with E-state index in [2.05, 4.69) is 181 Å². The van der Waals surface area contributed by atoms with Crippen molar-refractivity contribution in [1.29, 1.82) is 0 Å². The molecule has 12 aromatic rings. The van der Waals surface area contributed by atoms with Crippen molar-refractivity contribution < 1.29 is 8.83 Å². The van der Waals surface area contributed by atoms with Crippen molar-refractivity contribution in [2.45, 2.75) is 0 Å². The Hall–Kier alpha value is -7.40. The molecular weight excluding hydrogens is 727 g/mol. The molecule has 0 radical (unpaired) electrons. The molecule has 0 fully saturated rings. The first-order valence-corrected chi connectivity index (χ1v) is 20.4. The molecule has 58 heavy (non-hydrogen) atoms. The first-order chi connectivity index (χ1) is 28.7. The quantitative estimate of drug-likeness (QED) is 0.169. The molecule has 0 spiro atoms. The summed E-state index contributed by atoms with van der Waals surface area (Å²) >= 11 is 1.86. The van der Waals surface area contributed by atoms with Gasteiger partial charge in [-0.25, -0.2) is 0 Å². The van der Waals surface area contributed by atoms with E-state index in [-0.39, 0.29) is 0 Å². The zero-order valence-corrected chi connectivity index (χ0v) is 32.0. The summed E-state index contributed by atoms with van der Waals surface area (Å²) in [6, 6.07) is 71.5. The van der Waals surface area contributed by atoms with Crippen LogP contribution < -0.4 is 4.90 Å². The van der Waals surface area contributed by atoms with E-state index >= 15 is 0 Å². The minimum Gasteiger partial charge on any atom is -0.456 e. The van der Waals surface area contributed by atoms with Gasteiger partial charge in [-0.2, -0.15) is 0 Å². The molecule has 0 atom stereocenters. The summed E-state index contributed by atoms with van der Waals surface area (Å²) in [5.74, 6) is 0. The zero-order chi connectivity index (χ0) is 38.2. The molecule has 0 bridgehead atoms. The molecule has 0 N–H and O–H groups in total. The largest absolute Gasteiger partial charge is 0.456 e. The van der Waals surface area contributed by atoms with Crippen molar-refractivity contribution in [3.8, 4) is 33.4 Å². The highest BCUT2D eigenvalue weighted by atomic mass is 32.1. The summed E-state index contributed by atoms with van der Waals surface area (Å²) in [6.07, 6.45) is 0. The lowest BCUT2D eigenvalue weighted by Gasteiger charge is -2.28. The molecule has 0 amide bonds. The van der Waals surface area contributed by atoms with Gasteiger partial charge in [0.2, 0.25) is 0 Å². The van der Waals surface area contributed by atoms with Gasteiger partial charge >= 0.3 is 0 Å². The number of nitrogens with zero attached hydrogens (tertiary/aromatic N) is 1. The number of furan rings is 2. The molecule has 0 saturated carbocycles. The van der Waals surface area contributed by atoms with Crippen LogP contribution >= 0.6 is 11.3 Å². The topological polar surface area (TPSA) is 29.5 Å². The second-order valence-corrected chi connectivity index (χ2v) is 15.9. The molecule has 12 rings (SSSR count). The van der Waals surface area contributed by atoms with Gasteiger partial charge in [-0.15, -0.1) is 11.3 Å². The van der Waals surface area contributed by atoms with Gasteiger partial charge in [0.25, 0.3) is 0 Å². The van der Waals surface area contributed by atoms with Crippen LogP contribution in [0.1, 0.15) is 0 Å². The van der Waals surface area contributed by atoms with Crippen molar-refractivity contribution in [1.82, 2.24) is 0 Å². The Bertz CT molecular complexity index is 3500. The lowest BCUT2D eigenvalue weighted by atomic mass is 9.98. The Morgan fingerprint density at radius 1 is 0.328 bits per heavy atom. The molecule has 0 aliphatic rings. The molecular formula is C54H33NO2S. The highest BCUT2D eigenvalue weighted by Gasteiger charge is 2.20. The third kappa shape index (κ3) is 5.19. The number of hydrogen-bond donors (Lipinski definition) is 0. The van der Waals surface area contributed by atoms with Gasteiger partial charge in [0, 0.05) is 58.7 Å². The summed E-state index contributed by atoms with van der Waals surface area (Å²) in [7, 11) is 0. The number of hydrogen-bond acceptors (Lipinski definition) is 4. The molecule has 3 aromatic heterocycles. The van der Waals surface area contributed by atoms with Crippen LogP contribution in [0.3, 0.4) is 0 Å². The van der Waals surface area contributed by atoms with E-state index in [0.717, 1.165) is 72.1 Å². The SMILES string of the molecule is c1ccc(-c2ccccc2N(c2ccc(-c3ccc4c(c3)oc3ccc5oc6ccccc6c5c34)cc2)c2ccc(-c3cccc4sc5ccccc5c34)cc2)cc1. The van der Waals surface area contributed by atoms with E-state index < -0.39 is 0 Å². The van der Waals surface area contributed by atoms with Crippen molar-refractivity contribution in [2.24, 2.45) is 0 Å². The maximum absolute atomic E-state index is 6.51. The lowest BCUT2D eigenvalue weighted by molar-refractivity contribution is 0.663. The predicted molar refractivity (Wildman–Crippen MR) is 245 cm³/mol. The summed E-state index contributed by atoms with van der Waals surface area (Å²) in [5, 5.41) is 7.02. The van der Waals surface area contributed by atoms with Crippen LogP contribution in [0.15, 0.2) is 209 Å². The monoisotopic (exact) mass is 759 g/mol. The third-order valence-electron chi connectivity index (χ3n) is 11.5. The standard InChI is InChI=1S/C54H33NO2S/c1-2-11-35(12-3-1)40-13-4-7-17-45(40)55(39-28-23-36(24-29-39)41-16-10-20-51-52(41)44-15-6-9-19-50(44)58-51)38-26-21-34(22-27-38)37-25-30-43-49(33-37)57-48-32-31-47-53(54(43)48)42-14-5-8-18-46(42)56-47/h1-33H. The molecule has 0 aliphatic carbocycles. The van der Waals surface area contributed by atoms with E-state index in [9.17, 15) is 0 Å². The first kappa shape index (κ1) is 32.8. The third-order valence-corrected chi connectivity index (χ3v) is 12.6. The number of benzene rings is 9. The summed E-state index contributed by atoms with van der Waals surface area (Å²) in [5.41, 5.74) is 13.8. The number of rotatable bonds is 6. The van der Waals surface area contributed by atoms with Crippen LogP contribution in [0.5, 0.6) is 0 Å². The normalized spacial score (nSPS) is 11.8. The number of para-hydroxylation sites is 2. The van der Waals surface area contributed by atoms with Crippen molar-refractivity contribution in [3.05, 3.63) is 200 Å². The summed E-state index contributed by atoms with van der Waals surface area (Å²) in [6.45, 7) is 0. The summed E-state index contributed by atoms with van der Waals surface area (Å²) < 4.78 is 15.3. The fourth-order valence-electron chi connectivity index (χ4n) is 8.83. The van der Waals surface area contributed by atoms with Gasteiger partial charge in [0.15, 0.2) is 0 Å². The molecule has 3 heterocycles. The Kier molecular flexibility index (Phi) is 7.40. The molecule has 0 aliphatic heterocycles. The molecule has 0 saturated heterocycles. The van der Waals surface area contributed by atoms with Crippen molar-refractivity contribution >= 4 is 92.4 Å². The van der Waals surface area contributed by atoms with Crippen LogP contribution in [0.25, 0.3) is 97.4 Å². The average Bonchev–Trinajstić information content (AvgIpc) is 3.98. The first-order valence-electron chi connectivity index (χ1n) is 19.6. The Labute approximate surface area is 338 Å². The fraction of sp³-hybridized carbons (Fsp3) is 0. The summed E-state index contributed by atoms with van der Waals surface area (Å²) in [4.78, 5) is 2.37.